The summed E-state index contributed by atoms with van der Waals surface area (Å²) in [6.07, 6.45) is 1.23. The minimum absolute atomic E-state index is 0.0135. The quantitative estimate of drug-likeness (QED) is 0.162. The molecule has 13 heteroatoms. The van der Waals surface area contributed by atoms with Gasteiger partial charge in [-0.2, -0.15) is 0 Å². The van der Waals surface area contributed by atoms with E-state index in [1.54, 1.807) is 63.8 Å². The first-order valence-electron chi connectivity index (χ1n) is 20.2. The third-order valence-electron chi connectivity index (χ3n) is 11.6. The molecular formula is C42H72N6O7. The molecule has 0 saturated carbocycles. The van der Waals surface area contributed by atoms with Crippen molar-refractivity contribution in [3.63, 3.8) is 0 Å². The molecule has 13 nitrogen and oxygen atoms in total. The maximum atomic E-state index is 14.3. The lowest BCUT2D eigenvalue weighted by molar-refractivity contribution is -0.148. The Bertz CT molecular complexity index is 1390. The van der Waals surface area contributed by atoms with Crippen LogP contribution >= 0.6 is 0 Å². The summed E-state index contributed by atoms with van der Waals surface area (Å²) in [5.41, 5.74) is 0.0653. The van der Waals surface area contributed by atoms with Crippen LogP contribution in [0.4, 0.5) is 0 Å². The Labute approximate surface area is 331 Å². The van der Waals surface area contributed by atoms with Gasteiger partial charge >= 0.3 is 0 Å². The van der Waals surface area contributed by atoms with E-state index in [1.807, 2.05) is 71.9 Å². The molecule has 1 aliphatic rings. The number of likely N-dealkylation sites (N-methyl/N-ethyl adjacent to an activating group) is 3. The molecule has 0 spiro atoms. The molecule has 0 aliphatic carbocycles. The zero-order chi connectivity index (χ0) is 41.6. The molecular weight excluding hydrogens is 700 g/mol. The second-order valence-corrected chi connectivity index (χ2v) is 15.9. The summed E-state index contributed by atoms with van der Waals surface area (Å²) in [6.45, 7) is 18.5. The third kappa shape index (κ3) is 12.5. The van der Waals surface area contributed by atoms with Crippen LogP contribution in [0, 0.1) is 17.8 Å². The van der Waals surface area contributed by atoms with Gasteiger partial charge in [0.05, 0.1) is 42.2 Å². The maximum Gasteiger partial charge on any atom is 0.245 e. The first-order chi connectivity index (χ1) is 25.9. The van der Waals surface area contributed by atoms with Crippen molar-refractivity contribution in [1.29, 1.82) is 0 Å². The summed E-state index contributed by atoms with van der Waals surface area (Å²) in [5, 5.41) is 8.98. The van der Waals surface area contributed by atoms with Crippen LogP contribution < -0.4 is 16.0 Å². The number of carbonyl (C=O) groups excluding carboxylic acids is 5. The highest BCUT2D eigenvalue weighted by atomic mass is 16.5. The van der Waals surface area contributed by atoms with Crippen molar-refractivity contribution in [2.45, 2.75) is 136 Å². The van der Waals surface area contributed by atoms with Crippen LogP contribution in [-0.4, -0.2) is 134 Å². The predicted molar refractivity (Wildman–Crippen MR) is 216 cm³/mol. The van der Waals surface area contributed by atoms with Crippen LogP contribution in [0.3, 0.4) is 0 Å². The summed E-state index contributed by atoms with van der Waals surface area (Å²) in [7, 11) is 6.53. The molecule has 0 bridgehead atoms. The molecule has 1 heterocycles. The Morgan fingerprint density at radius 3 is 2.05 bits per heavy atom. The number of amides is 5. The number of rotatable bonds is 22. The molecule has 0 unspecified atom stereocenters. The molecule has 1 aromatic carbocycles. The van der Waals surface area contributed by atoms with Crippen LogP contribution in [-0.2, 0) is 39.9 Å². The first-order valence-corrected chi connectivity index (χ1v) is 20.2. The summed E-state index contributed by atoms with van der Waals surface area (Å²) < 4.78 is 12.0. The van der Waals surface area contributed by atoms with Crippen molar-refractivity contribution in [2.75, 3.05) is 47.9 Å². The fourth-order valence-electron chi connectivity index (χ4n) is 7.58. The van der Waals surface area contributed by atoms with Crippen LogP contribution in [0.25, 0.3) is 0 Å². The fourth-order valence-corrected chi connectivity index (χ4v) is 7.58. The lowest BCUT2D eigenvalue weighted by Crippen LogP contribution is -2.61. The maximum absolute atomic E-state index is 14.3. The van der Waals surface area contributed by atoms with E-state index in [9.17, 15) is 24.0 Å². The molecule has 55 heavy (non-hydrogen) atoms. The van der Waals surface area contributed by atoms with Gasteiger partial charge in [-0.05, 0) is 65.0 Å². The van der Waals surface area contributed by atoms with Gasteiger partial charge in [-0.15, -0.1) is 0 Å². The Balaban J connectivity index is 2.31. The molecule has 1 aromatic rings. The molecule has 1 fully saturated rings. The number of nitrogens with zero attached hydrogens (tertiary/aromatic N) is 3. The summed E-state index contributed by atoms with van der Waals surface area (Å²) in [5.74, 6) is -2.04. The fraction of sp³-hybridized carbons (Fsp3) is 0.738. The minimum Gasteiger partial charge on any atom is -0.379 e. The smallest absolute Gasteiger partial charge is 0.245 e. The van der Waals surface area contributed by atoms with E-state index in [-0.39, 0.29) is 53.8 Å². The predicted octanol–water partition coefficient (Wildman–Crippen LogP) is 3.64. The van der Waals surface area contributed by atoms with Crippen molar-refractivity contribution in [1.82, 2.24) is 30.7 Å². The minimum atomic E-state index is -0.874. The second kappa shape index (κ2) is 22.3. The number of ether oxygens (including phenoxy) is 2. The van der Waals surface area contributed by atoms with Gasteiger partial charge in [-0.3, -0.25) is 24.0 Å². The number of carbonyl (C=O) groups is 5. The van der Waals surface area contributed by atoms with Gasteiger partial charge in [0.25, 0.3) is 0 Å². The van der Waals surface area contributed by atoms with Crippen LogP contribution in [0.5, 0.6) is 0 Å². The Hall–Kier alpha value is -3.55. The first kappa shape index (κ1) is 47.6. The van der Waals surface area contributed by atoms with Gasteiger partial charge in [0.2, 0.25) is 29.5 Å². The Morgan fingerprint density at radius 1 is 0.927 bits per heavy atom. The van der Waals surface area contributed by atoms with Crippen molar-refractivity contribution in [2.24, 2.45) is 17.8 Å². The largest absolute Gasteiger partial charge is 0.379 e. The number of hydrogen-bond donors (Lipinski definition) is 3. The van der Waals surface area contributed by atoms with Crippen molar-refractivity contribution in [3.8, 4) is 0 Å². The van der Waals surface area contributed by atoms with E-state index in [1.165, 1.54) is 0 Å². The van der Waals surface area contributed by atoms with Crippen molar-refractivity contribution in [3.05, 3.63) is 35.9 Å². The normalized spacial score (nSPS) is 18.4. The van der Waals surface area contributed by atoms with Crippen molar-refractivity contribution >= 4 is 29.5 Å². The van der Waals surface area contributed by atoms with Gasteiger partial charge in [0.15, 0.2) is 0 Å². The highest BCUT2D eigenvalue weighted by molar-refractivity contribution is 5.92. The standard InChI is InChI=1S/C42H72N6O7/c1-14-28(6)36(46(11)40(52)35(27(4)5)45-41(53)42(8,9)43-10)33(54-12)26-34(49)48-24-20-23-32(48)37(55-13)29(7)38(50)44-31(39(51)47(15-2)16-3)25-30-21-18-17-19-22-30/h17-19,21-22,27-29,31-33,35-37,43H,14-16,20,23-26H2,1-13H3,(H,44,50)(H,45,53)/t28-,29+,31-,32-,33+,35-,36-,37+/m0/s1. The molecule has 0 aromatic heterocycles. The monoisotopic (exact) mass is 773 g/mol. The van der Waals surface area contributed by atoms with Gasteiger partial charge in [0.1, 0.15) is 12.1 Å². The summed E-state index contributed by atoms with van der Waals surface area (Å²) >= 11 is 0. The highest BCUT2D eigenvalue weighted by Crippen LogP contribution is 2.30. The molecule has 312 valence electrons. The zero-order valence-electron chi connectivity index (χ0n) is 35.9. The molecule has 5 amide bonds. The van der Waals surface area contributed by atoms with Crippen molar-refractivity contribution < 1.29 is 33.4 Å². The molecule has 0 radical (unpaired) electrons. The molecule has 1 aliphatic heterocycles. The van der Waals surface area contributed by atoms with E-state index in [0.717, 1.165) is 18.4 Å². The number of methoxy groups -OCH3 is 2. The Morgan fingerprint density at radius 2 is 1.55 bits per heavy atom. The van der Waals surface area contributed by atoms with Crippen LogP contribution in [0.1, 0.15) is 93.6 Å². The second-order valence-electron chi connectivity index (χ2n) is 15.9. The van der Waals surface area contributed by atoms with E-state index >= 15 is 0 Å². The number of benzene rings is 1. The van der Waals surface area contributed by atoms with Crippen LogP contribution in [0.2, 0.25) is 0 Å². The van der Waals surface area contributed by atoms with Gasteiger partial charge in [-0.25, -0.2) is 0 Å². The third-order valence-corrected chi connectivity index (χ3v) is 11.6. The lowest BCUT2D eigenvalue weighted by atomic mass is 9.89. The SMILES string of the molecule is CC[C@H](C)[C@@H]([C@@H](CC(=O)N1CCC[C@H]1[C@H](OC)[C@@H](C)C(=O)N[C@@H](Cc1ccccc1)C(=O)N(CC)CC)OC)N(C)C(=O)[C@@H](NC(=O)C(C)(C)NC)C(C)C. The Kier molecular flexibility index (Phi) is 19.3. The van der Waals surface area contributed by atoms with Crippen LogP contribution in [0.15, 0.2) is 30.3 Å². The molecule has 8 atom stereocenters. The van der Waals surface area contributed by atoms with Gasteiger partial charge in [0, 0.05) is 47.3 Å². The molecule has 3 N–H and O–H groups in total. The highest BCUT2D eigenvalue weighted by Gasteiger charge is 2.43. The van der Waals surface area contributed by atoms with E-state index in [4.69, 9.17) is 9.47 Å². The molecule has 2 rings (SSSR count). The number of nitrogens with one attached hydrogen (secondary N) is 3. The zero-order valence-corrected chi connectivity index (χ0v) is 35.9. The van der Waals surface area contributed by atoms with Gasteiger partial charge < -0.3 is 40.1 Å². The summed E-state index contributed by atoms with van der Waals surface area (Å²) in [4.78, 5) is 74.2. The topological polar surface area (TPSA) is 150 Å². The lowest BCUT2D eigenvalue weighted by Gasteiger charge is -2.41. The van der Waals surface area contributed by atoms with E-state index < -0.39 is 41.8 Å². The number of likely N-dealkylation sites (tertiary alicyclic amines) is 1. The van der Waals surface area contributed by atoms with Gasteiger partial charge in [-0.1, -0.05) is 71.4 Å². The van der Waals surface area contributed by atoms with E-state index in [0.29, 0.717) is 32.5 Å². The number of hydrogen-bond acceptors (Lipinski definition) is 8. The van der Waals surface area contributed by atoms with E-state index in [2.05, 4.69) is 16.0 Å². The average Bonchev–Trinajstić information content (AvgIpc) is 3.66. The summed E-state index contributed by atoms with van der Waals surface area (Å²) in [6, 6.07) is 7.25. The molecule has 1 saturated heterocycles. The average molecular weight is 773 g/mol.